The number of aryl methyl sites for hydroxylation is 1. The largest absolute Gasteiger partial charge is 0.336 e. The third-order valence-corrected chi connectivity index (χ3v) is 4.60. The normalized spacial score (nSPS) is 18.0. The molecule has 1 atom stereocenters. The number of nitrogens with zero attached hydrogens (tertiary/aromatic N) is 3. The number of hydrogen-bond acceptors (Lipinski definition) is 3. The van der Waals surface area contributed by atoms with Gasteiger partial charge in [0.15, 0.2) is 5.82 Å². The number of rotatable bonds is 3. The molecular weight excluding hydrogens is 286 g/mol. The minimum absolute atomic E-state index is 0.0775. The summed E-state index contributed by atoms with van der Waals surface area (Å²) < 4.78 is 0. The van der Waals surface area contributed by atoms with E-state index >= 15 is 0 Å². The van der Waals surface area contributed by atoms with Crippen LogP contribution in [0.25, 0.3) is 11.4 Å². The molecule has 0 aliphatic carbocycles. The van der Waals surface area contributed by atoms with Crippen LogP contribution >= 0.6 is 0 Å². The quantitative estimate of drug-likeness (QED) is 0.865. The summed E-state index contributed by atoms with van der Waals surface area (Å²) in [6.07, 6.45) is 6.10. The number of carbonyl (C=O) groups excluding carboxylic acids is 1. The Bertz CT molecular complexity index is 684. The van der Waals surface area contributed by atoms with Crippen LogP contribution in [0.2, 0.25) is 0 Å². The smallest absolute Gasteiger partial charge is 0.257 e. The fourth-order valence-corrected chi connectivity index (χ4v) is 3.25. The van der Waals surface area contributed by atoms with Crippen molar-refractivity contribution in [2.75, 3.05) is 6.54 Å². The summed E-state index contributed by atoms with van der Waals surface area (Å²) in [7, 11) is 0. The average molecular weight is 309 g/mol. The fraction of sp³-hybridized carbons (Fsp3) is 0.421. The Hall–Kier alpha value is -2.23. The van der Waals surface area contributed by atoms with Crippen LogP contribution in [0.3, 0.4) is 0 Å². The van der Waals surface area contributed by atoms with Gasteiger partial charge in [0.1, 0.15) is 0 Å². The van der Waals surface area contributed by atoms with E-state index in [4.69, 9.17) is 0 Å². The average Bonchev–Trinajstić information content (AvgIpc) is 2.61. The predicted molar refractivity (Wildman–Crippen MR) is 91.2 cm³/mol. The Kier molecular flexibility index (Phi) is 4.70. The van der Waals surface area contributed by atoms with E-state index in [0.717, 1.165) is 37.1 Å². The Morgan fingerprint density at radius 2 is 2.04 bits per heavy atom. The van der Waals surface area contributed by atoms with Crippen molar-refractivity contribution in [3.05, 3.63) is 47.8 Å². The van der Waals surface area contributed by atoms with Crippen molar-refractivity contribution in [2.45, 2.75) is 45.6 Å². The number of piperidine rings is 1. The Labute approximate surface area is 137 Å². The van der Waals surface area contributed by atoms with Crippen molar-refractivity contribution in [2.24, 2.45) is 0 Å². The molecule has 0 radical (unpaired) electrons. The predicted octanol–water partition coefficient (Wildman–Crippen LogP) is 3.86. The van der Waals surface area contributed by atoms with Gasteiger partial charge in [0.25, 0.3) is 5.91 Å². The van der Waals surface area contributed by atoms with Gasteiger partial charge in [-0.25, -0.2) is 9.97 Å². The topological polar surface area (TPSA) is 46.1 Å². The van der Waals surface area contributed by atoms with Crippen LogP contribution in [-0.4, -0.2) is 33.4 Å². The first kappa shape index (κ1) is 15.7. The van der Waals surface area contributed by atoms with Crippen molar-refractivity contribution < 1.29 is 4.79 Å². The van der Waals surface area contributed by atoms with Crippen LogP contribution < -0.4 is 0 Å². The second kappa shape index (κ2) is 6.90. The van der Waals surface area contributed by atoms with E-state index in [1.807, 2.05) is 42.2 Å². The summed E-state index contributed by atoms with van der Waals surface area (Å²) in [6.45, 7) is 4.89. The molecule has 23 heavy (non-hydrogen) atoms. The number of amides is 1. The molecular formula is C19H23N3O. The molecule has 0 N–H and O–H groups in total. The Balaban J connectivity index is 1.87. The molecule has 0 spiro atoms. The van der Waals surface area contributed by atoms with Gasteiger partial charge in [-0.1, -0.05) is 37.3 Å². The molecule has 1 aromatic heterocycles. The highest BCUT2D eigenvalue weighted by molar-refractivity contribution is 5.95. The molecule has 4 heteroatoms. The monoisotopic (exact) mass is 309 g/mol. The van der Waals surface area contributed by atoms with Crippen LogP contribution in [0, 0.1) is 6.92 Å². The third kappa shape index (κ3) is 3.26. The molecule has 4 nitrogen and oxygen atoms in total. The van der Waals surface area contributed by atoms with Crippen molar-refractivity contribution >= 4 is 5.91 Å². The molecule has 2 aromatic rings. The van der Waals surface area contributed by atoms with Gasteiger partial charge in [-0.15, -0.1) is 0 Å². The van der Waals surface area contributed by atoms with Crippen molar-refractivity contribution in [1.82, 2.24) is 14.9 Å². The first-order valence-corrected chi connectivity index (χ1v) is 8.40. The Morgan fingerprint density at radius 1 is 1.26 bits per heavy atom. The first-order chi connectivity index (χ1) is 11.2. The summed E-state index contributed by atoms with van der Waals surface area (Å²) in [5, 5.41) is 0. The van der Waals surface area contributed by atoms with Crippen molar-refractivity contribution in [1.29, 1.82) is 0 Å². The number of benzene rings is 1. The highest BCUT2D eigenvalue weighted by Crippen LogP contribution is 2.23. The maximum Gasteiger partial charge on any atom is 0.257 e. The highest BCUT2D eigenvalue weighted by Gasteiger charge is 2.27. The lowest BCUT2D eigenvalue weighted by molar-refractivity contribution is 0.0606. The summed E-state index contributed by atoms with van der Waals surface area (Å²) in [5.74, 6) is 0.749. The van der Waals surface area contributed by atoms with Gasteiger partial charge in [0, 0.05) is 24.3 Å². The second-order valence-corrected chi connectivity index (χ2v) is 6.12. The van der Waals surface area contributed by atoms with Gasteiger partial charge < -0.3 is 4.90 Å². The van der Waals surface area contributed by atoms with Crippen LogP contribution in [0.5, 0.6) is 0 Å². The minimum Gasteiger partial charge on any atom is -0.336 e. The van der Waals surface area contributed by atoms with Crippen LogP contribution in [0.15, 0.2) is 36.5 Å². The molecule has 0 bridgehead atoms. The van der Waals surface area contributed by atoms with Crippen LogP contribution in [-0.2, 0) is 0 Å². The maximum atomic E-state index is 12.9. The van der Waals surface area contributed by atoms with E-state index in [2.05, 4.69) is 16.9 Å². The number of hydrogen-bond donors (Lipinski definition) is 0. The lowest BCUT2D eigenvalue weighted by Crippen LogP contribution is -2.43. The minimum atomic E-state index is 0.0775. The third-order valence-electron chi connectivity index (χ3n) is 4.60. The molecule has 1 saturated heterocycles. The lowest BCUT2D eigenvalue weighted by Gasteiger charge is -2.35. The van der Waals surface area contributed by atoms with Crippen molar-refractivity contribution in [3.8, 4) is 11.4 Å². The molecule has 3 rings (SSSR count). The van der Waals surface area contributed by atoms with Gasteiger partial charge >= 0.3 is 0 Å². The van der Waals surface area contributed by atoms with E-state index in [0.29, 0.717) is 17.4 Å². The number of carbonyl (C=O) groups is 1. The summed E-state index contributed by atoms with van der Waals surface area (Å²) in [5.41, 5.74) is 2.35. The zero-order chi connectivity index (χ0) is 16.2. The van der Waals surface area contributed by atoms with Crippen LogP contribution in [0.1, 0.15) is 48.7 Å². The number of likely N-dealkylation sites (tertiary alicyclic amines) is 1. The standard InChI is InChI=1S/C19H23N3O/c1-3-16-11-7-8-12-22(16)19(23)17-13-20-18(21-14(17)2)15-9-5-4-6-10-15/h4-6,9-10,13,16H,3,7-8,11-12H2,1-2H3. The summed E-state index contributed by atoms with van der Waals surface area (Å²) in [4.78, 5) is 23.9. The van der Waals surface area contributed by atoms with E-state index in [9.17, 15) is 4.79 Å². The van der Waals surface area contributed by atoms with E-state index in [-0.39, 0.29) is 5.91 Å². The summed E-state index contributed by atoms with van der Waals surface area (Å²) >= 11 is 0. The molecule has 1 unspecified atom stereocenters. The lowest BCUT2D eigenvalue weighted by atomic mass is 9.99. The molecule has 1 amide bonds. The van der Waals surface area contributed by atoms with Gasteiger partial charge in [-0.3, -0.25) is 4.79 Å². The van der Waals surface area contributed by atoms with Gasteiger partial charge in [0.05, 0.1) is 11.3 Å². The first-order valence-electron chi connectivity index (χ1n) is 8.40. The summed E-state index contributed by atoms with van der Waals surface area (Å²) in [6, 6.07) is 10.2. The molecule has 2 heterocycles. The van der Waals surface area contributed by atoms with E-state index in [1.54, 1.807) is 6.20 Å². The van der Waals surface area contributed by atoms with Gasteiger partial charge in [-0.05, 0) is 32.6 Å². The molecule has 120 valence electrons. The zero-order valence-electron chi connectivity index (χ0n) is 13.8. The van der Waals surface area contributed by atoms with E-state index in [1.165, 1.54) is 6.42 Å². The maximum absolute atomic E-state index is 12.9. The molecule has 1 aliphatic rings. The SMILES string of the molecule is CCC1CCCCN1C(=O)c1cnc(-c2ccccc2)nc1C. The number of aromatic nitrogens is 2. The van der Waals surface area contributed by atoms with Crippen LogP contribution in [0.4, 0.5) is 0 Å². The Morgan fingerprint density at radius 3 is 2.74 bits per heavy atom. The fourth-order valence-electron chi connectivity index (χ4n) is 3.25. The molecule has 1 aliphatic heterocycles. The van der Waals surface area contributed by atoms with Crippen molar-refractivity contribution in [3.63, 3.8) is 0 Å². The highest BCUT2D eigenvalue weighted by atomic mass is 16.2. The van der Waals surface area contributed by atoms with Gasteiger partial charge in [-0.2, -0.15) is 0 Å². The van der Waals surface area contributed by atoms with Gasteiger partial charge in [0.2, 0.25) is 0 Å². The molecule has 1 fully saturated rings. The molecule has 0 saturated carbocycles. The molecule has 1 aromatic carbocycles. The zero-order valence-corrected chi connectivity index (χ0v) is 13.8. The second-order valence-electron chi connectivity index (χ2n) is 6.12. The van der Waals surface area contributed by atoms with E-state index < -0.39 is 0 Å².